The van der Waals surface area contributed by atoms with Gasteiger partial charge in [-0.2, -0.15) is 0 Å². The Kier molecular flexibility index (Phi) is 28.8. The molecule has 4 nitrogen and oxygen atoms in total. The summed E-state index contributed by atoms with van der Waals surface area (Å²) in [6.07, 6.45) is 34.9. The topological polar surface area (TPSA) is 52.6 Å². The van der Waals surface area contributed by atoms with Crippen LogP contribution in [0.2, 0.25) is 0 Å². The van der Waals surface area contributed by atoms with Crippen molar-refractivity contribution >= 4 is 11.9 Å². The van der Waals surface area contributed by atoms with E-state index in [9.17, 15) is 9.59 Å². The first-order valence-electron chi connectivity index (χ1n) is 15.8. The number of unbranched alkanes of at least 4 members (excludes halogenated alkanes) is 21. The van der Waals surface area contributed by atoms with Crippen LogP contribution >= 0.6 is 0 Å². The van der Waals surface area contributed by atoms with E-state index in [1.807, 2.05) is 0 Å². The lowest BCUT2D eigenvalue weighted by molar-refractivity contribution is -0.259. The largest absolute Gasteiger partial charge is 0.355 e. The van der Waals surface area contributed by atoms with Crippen molar-refractivity contribution in [2.75, 3.05) is 0 Å². The van der Waals surface area contributed by atoms with Gasteiger partial charge in [0.25, 0.3) is 0 Å². The van der Waals surface area contributed by atoms with Crippen LogP contribution in [0.3, 0.4) is 0 Å². The summed E-state index contributed by atoms with van der Waals surface area (Å²) in [4.78, 5) is 32.8. The van der Waals surface area contributed by atoms with E-state index in [0.29, 0.717) is 12.8 Å². The number of rotatable bonds is 27. The zero-order valence-corrected chi connectivity index (χ0v) is 24.2. The highest BCUT2D eigenvalue weighted by Gasteiger charge is 2.09. The molecule has 0 fully saturated rings. The third kappa shape index (κ3) is 28.9. The number of hydrogen-bond donors (Lipinski definition) is 0. The van der Waals surface area contributed by atoms with Gasteiger partial charge in [0.15, 0.2) is 0 Å². The molecule has 0 atom stereocenters. The summed E-state index contributed by atoms with van der Waals surface area (Å²) in [5.74, 6) is -0.858. The quantitative estimate of drug-likeness (QED) is 0.0479. The Morgan fingerprint density at radius 2 is 0.694 bits per heavy atom. The minimum atomic E-state index is -0.431. The summed E-state index contributed by atoms with van der Waals surface area (Å²) in [7, 11) is 0. The van der Waals surface area contributed by atoms with Crippen molar-refractivity contribution < 1.29 is 19.4 Å². The molecule has 0 saturated carbocycles. The normalized spacial score (nSPS) is 11.3. The van der Waals surface area contributed by atoms with Gasteiger partial charge < -0.3 is 0 Å². The maximum absolute atomic E-state index is 11.7. The summed E-state index contributed by atoms with van der Waals surface area (Å²) in [5, 5.41) is 0. The number of carbonyl (C=O) groups is 2. The second-order valence-corrected chi connectivity index (χ2v) is 10.5. The molecule has 0 unspecified atom stereocenters. The van der Waals surface area contributed by atoms with Crippen molar-refractivity contribution in [1.29, 1.82) is 0 Å². The van der Waals surface area contributed by atoms with Crippen molar-refractivity contribution in [3.8, 4) is 0 Å². The maximum atomic E-state index is 11.7. The Morgan fingerprint density at radius 1 is 0.417 bits per heavy atom. The summed E-state index contributed by atoms with van der Waals surface area (Å²) < 4.78 is 0. The highest BCUT2D eigenvalue weighted by atomic mass is 17.2. The summed E-state index contributed by atoms with van der Waals surface area (Å²) in [5.41, 5.74) is 0. The van der Waals surface area contributed by atoms with Crippen LogP contribution in [0, 0.1) is 0 Å². The van der Waals surface area contributed by atoms with E-state index in [2.05, 4.69) is 35.8 Å². The lowest BCUT2D eigenvalue weighted by Gasteiger charge is -2.04. The zero-order valence-electron chi connectivity index (χ0n) is 24.2. The van der Waals surface area contributed by atoms with Gasteiger partial charge in [-0.15, -0.1) is 0 Å². The van der Waals surface area contributed by atoms with Crippen molar-refractivity contribution in [3.63, 3.8) is 0 Å². The number of hydrogen-bond acceptors (Lipinski definition) is 4. The fourth-order valence-electron chi connectivity index (χ4n) is 4.45. The highest BCUT2D eigenvalue weighted by Crippen LogP contribution is 2.13. The molecule has 0 amide bonds. The molecule has 0 bridgehead atoms. The first kappa shape index (κ1) is 34.7. The minimum Gasteiger partial charge on any atom is -0.247 e. The van der Waals surface area contributed by atoms with Crippen LogP contribution in [-0.4, -0.2) is 11.9 Å². The van der Waals surface area contributed by atoms with E-state index in [4.69, 9.17) is 0 Å². The van der Waals surface area contributed by atoms with Crippen LogP contribution in [0.5, 0.6) is 0 Å². The first-order valence-corrected chi connectivity index (χ1v) is 15.8. The third-order valence-electron chi connectivity index (χ3n) is 6.85. The van der Waals surface area contributed by atoms with Crippen molar-refractivity contribution in [2.24, 2.45) is 0 Å². The Labute approximate surface area is 224 Å². The lowest BCUT2D eigenvalue weighted by Crippen LogP contribution is -2.11. The average molecular weight is 509 g/mol. The maximum Gasteiger partial charge on any atom is 0.355 e. The van der Waals surface area contributed by atoms with Gasteiger partial charge in [0.05, 0.1) is 12.8 Å². The summed E-state index contributed by atoms with van der Waals surface area (Å²) >= 11 is 0. The molecule has 0 spiro atoms. The van der Waals surface area contributed by atoms with E-state index in [1.165, 1.54) is 109 Å². The molecule has 0 saturated heterocycles. The van der Waals surface area contributed by atoms with Crippen LogP contribution < -0.4 is 0 Å². The molecule has 0 aliphatic rings. The number of carbonyl (C=O) groups excluding carboxylic acids is 2. The predicted octanol–water partition coefficient (Wildman–Crippen LogP) is 10.7. The molecule has 0 aromatic carbocycles. The molecule has 0 N–H and O–H groups in total. The van der Waals surface area contributed by atoms with Crippen LogP contribution in [0.25, 0.3) is 0 Å². The van der Waals surface area contributed by atoms with E-state index in [-0.39, 0.29) is 0 Å². The van der Waals surface area contributed by atoms with E-state index in [1.54, 1.807) is 0 Å². The predicted molar refractivity (Wildman–Crippen MR) is 153 cm³/mol. The third-order valence-corrected chi connectivity index (χ3v) is 6.85. The average Bonchev–Trinajstić information content (AvgIpc) is 2.88. The SMILES string of the molecule is CCCCCCCC/C=C\CCCCCCCC(=O)OOC(=O)CCCCCCCCCCCCC. The fraction of sp³-hybridized carbons (Fsp3) is 0.875. The molecule has 0 aliphatic heterocycles. The molecule has 0 aromatic heterocycles. The second kappa shape index (κ2) is 29.9. The standard InChI is InChI=1S/C32H60O4/c1-3-5-7-9-11-13-15-16-17-18-20-22-24-26-28-30-32(34)36-35-31(33)29-27-25-23-21-19-14-12-10-8-6-4-2/h16-17H,3-15,18-30H2,1-2H3/b17-16-. The first-order chi connectivity index (χ1) is 17.7. The van der Waals surface area contributed by atoms with Crippen LogP contribution in [0.1, 0.15) is 181 Å². The molecule has 0 rings (SSSR count). The highest BCUT2D eigenvalue weighted by molar-refractivity contribution is 5.72. The lowest BCUT2D eigenvalue weighted by atomic mass is 10.1. The van der Waals surface area contributed by atoms with Gasteiger partial charge in [-0.05, 0) is 38.5 Å². The Balaban J connectivity index is 3.33. The monoisotopic (exact) mass is 508 g/mol. The second-order valence-electron chi connectivity index (χ2n) is 10.5. The molecule has 0 aromatic rings. The fourth-order valence-corrected chi connectivity index (χ4v) is 4.45. The Bertz CT molecular complexity index is 500. The summed E-state index contributed by atoms with van der Waals surface area (Å²) in [6.45, 7) is 4.51. The van der Waals surface area contributed by atoms with E-state index >= 15 is 0 Å². The van der Waals surface area contributed by atoms with Crippen molar-refractivity contribution in [3.05, 3.63) is 12.2 Å². The van der Waals surface area contributed by atoms with Gasteiger partial charge in [-0.1, -0.05) is 142 Å². The van der Waals surface area contributed by atoms with Gasteiger partial charge >= 0.3 is 11.9 Å². The van der Waals surface area contributed by atoms with E-state index in [0.717, 1.165) is 44.9 Å². The van der Waals surface area contributed by atoms with Gasteiger partial charge in [-0.3, -0.25) is 0 Å². The molecule has 0 radical (unpaired) electrons. The van der Waals surface area contributed by atoms with Crippen LogP contribution in [0.15, 0.2) is 12.2 Å². The summed E-state index contributed by atoms with van der Waals surface area (Å²) in [6, 6.07) is 0. The van der Waals surface area contributed by atoms with Gasteiger partial charge in [0, 0.05) is 0 Å². The van der Waals surface area contributed by atoms with Crippen LogP contribution in [-0.2, 0) is 19.4 Å². The molecule has 4 heteroatoms. The molecule has 36 heavy (non-hydrogen) atoms. The number of allylic oxidation sites excluding steroid dienone is 2. The molecule has 0 heterocycles. The van der Waals surface area contributed by atoms with Crippen molar-refractivity contribution in [1.82, 2.24) is 0 Å². The van der Waals surface area contributed by atoms with Crippen molar-refractivity contribution in [2.45, 2.75) is 181 Å². The Hall–Kier alpha value is -1.32. The molecular weight excluding hydrogens is 448 g/mol. The smallest absolute Gasteiger partial charge is 0.247 e. The zero-order chi connectivity index (χ0) is 26.4. The minimum absolute atomic E-state index is 0.323. The van der Waals surface area contributed by atoms with E-state index < -0.39 is 11.9 Å². The molecule has 212 valence electrons. The van der Waals surface area contributed by atoms with Gasteiger partial charge in [-0.25, -0.2) is 19.4 Å². The molecular formula is C32H60O4. The van der Waals surface area contributed by atoms with Crippen LogP contribution in [0.4, 0.5) is 0 Å². The van der Waals surface area contributed by atoms with Gasteiger partial charge in [0.1, 0.15) is 0 Å². The molecule has 0 aliphatic carbocycles. The van der Waals surface area contributed by atoms with Gasteiger partial charge in [0.2, 0.25) is 0 Å². The Morgan fingerprint density at radius 3 is 1.03 bits per heavy atom.